The van der Waals surface area contributed by atoms with Gasteiger partial charge in [-0.1, -0.05) is 30.4 Å². The van der Waals surface area contributed by atoms with Crippen molar-refractivity contribution in [1.29, 1.82) is 0 Å². The Morgan fingerprint density at radius 1 is 1.28 bits per heavy atom. The van der Waals surface area contributed by atoms with E-state index in [0.717, 1.165) is 18.4 Å². The number of rotatable bonds is 5. The fourth-order valence-electron chi connectivity index (χ4n) is 4.26. The number of carbonyl (C=O) groups excluding carboxylic acids is 3. The molecule has 7 nitrogen and oxygen atoms in total. The molecule has 0 bridgehead atoms. The number of esters is 3. The zero-order valence-corrected chi connectivity index (χ0v) is 19.4. The summed E-state index contributed by atoms with van der Waals surface area (Å²) in [6, 6.07) is 0. The van der Waals surface area contributed by atoms with Crippen LogP contribution in [0.15, 0.2) is 47.1 Å². The van der Waals surface area contributed by atoms with E-state index in [0.29, 0.717) is 12.0 Å². The van der Waals surface area contributed by atoms with E-state index in [4.69, 9.17) is 18.9 Å². The summed E-state index contributed by atoms with van der Waals surface area (Å²) in [4.78, 5) is 37.3. The molecule has 174 valence electrons. The van der Waals surface area contributed by atoms with Gasteiger partial charge in [-0.2, -0.15) is 0 Å². The van der Waals surface area contributed by atoms with E-state index in [1.54, 1.807) is 32.9 Å². The number of carbonyl (C=O) groups is 3. The molecule has 32 heavy (non-hydrogen) atoms. The zero-order valence-electron chi connectivity index (χ0n) is 19.4. The Morgan fingerprint density at radius 3 is 2.66 bits per heavy atom. The molecule has 2 saturated heterocycles. The minimum absolute atomic E-state index is 0.199. The molecular formula is C25H32O7. The summed E-state index contributed by atoms with van der Waals surface area (Å²) in [5.41, 5.74) is 1.64. The molecule has 5 unspecified atom stereocenters. The van der Waals surface area contributed by atoms with Gasteiger partial charge in [0, 0.05) is 17.6 Å². The number of allylic oxidation sites excluding steroid dienone is 3. The number of epoxide rings is 1. The molecule has 2 heterocycles. The fourth-order valence-corrected chi connectivity index (χ4v) is 4.26. The Hall–Kier alpha value is -2.67. The average Bonchev–Trinajstić information content (AvgIpc) is 3.33. The first-order chi connectivity index (χ1) is 15.1. The van der Waals surface area contributed by atoms with Gasteiger partial charge in [0.25, 0.3) is 0 Å². The van der Waals surface area contributed by atoms with Gasteiger partial charge in [0.05, 0.1) is 17.1 Å². The highest BCUT2D eigenvalue weighted by atomic mass is 16.6. The summed E-state index contributed by atoms with van der Waals surface area (Å²) in [5.74, 6) is -2.09. The number of hydrogen-bond acceptors (Lipinski definition) is 7. The van der Waals surface area contributed by atoms with Gasteiger partial charge in [0.15, 0.2) is 0 Å². The van der Waals surface area contributed by atoms with Crippen LogP contribution in [0.5, 0.6) is 0 Å². The van der Waals surface area contributed by atoms with E-state index < -0.39 is 36.0 Å². The average molecular weight is 445 g/mol. The highest BCUT2D eigenvalue weighted by Gasteiger charge is 2.63. The SMILES string of the molecule is C=C1C(=O)OC2C1C(OC(=O)C(=CC)COC(=O)C(C)=CC)CC(C)=CCCC1(C)OC21. The molecule has 0 aromatic heterocycles. The Kier molecular flexibility index (Phi) is 7.08. The van der Waals surface area contributed by atoms with Crippen LogP contribution in [0, 0.1) is 5.92 Å². The normalized spacial score (nSPS) is 32.8. The first kappa shape index (κ1) is 24.0. The lowest BCUT2D eigenvalue weighted by atomic mass is 9.82. The third kappa shape index (κ3) is 4.88. The second-order valence-corrected chi connectivity index (χ2v) is 8.87. The predicted molar refractivity (Wildman–Crippen MR) is 117 cm³/mol. The molecule has 3 aliphatic rings. The van der Waals surface area contributed by atoms with Gasteiger partial charge in [-0.05, 0) is 47.5 Å². The summed E-state index contributed by atoms with van der Waals surface area (Å²) in [7, 11) is 0. The van der Waals surface area contributed by atoms with Gasteiger partial charge >= 0.3 is 17.9 Å². The summed E-state index contributed by atoms with van der Waals surface area (Å²) < 4.78 is 22.7. The van der Waals surface area contributed by atoms with Crippen LogP contribution in [-0.4, -0.2) is 48.4 Å². The van der Waals surface area contributed by atoms with Crippen LogP contribution >= 0.6 is 0 Å². The maximum atomic E-state index is 13.0. The highest BCUT2D eigenvalue weighted by molar-refractivity contribution is 5.92. The van der Waals surface area contributed by atoms with E-state index in [2.05, 4.69) is 12.7 Å². The van der Waals surface area contributed by atoms with Crippen LogP contribution < -0.4 is 0 Å². The van der Waals surface area contributed by atoms with Crippen molar-refractivity contribution < 1.29 is 33.3 Å². The molecule has 0 spiro atoms. The highest BCUT2D eigenvalue weighted by Crippen LogP contribution is 2.50. The molecule has 0 saturated carbocycles. The second-order valence-electron chi connectivity index (χ2n) is 8.87. The van der Waals surface area contributed by atoms with Crippen LogP contribution in [0.1, 0.15) is 53.9 Å². The van der Waals surface area contributed by atoms with Crippen LogP contribution in [0.4, 0.5) is 0 Å². The molecule has 5 atom stereocenters. The summed E-state index contributed by atoms with van der Waals surface area (Å²) >= 11 is 0. The maximum Gasteiger partial charge on any atom is 0.337 e. The Morgan fingerprint density at radius 2 is 2.00 bits per heavy atom. The maximum absolute atomic E-state index is 13.0. The standard InChI is InChI=1S/C25H32O7/c1-7-15(4)22(26)29-13-17(8-2)24(28)30-18-12-14(3)10-9-11-25(6)21(32-25)20-19(18)16(5)23(27)31-20/h7-8,10,18-21H,5,9,11-13H2,1-4,6H3. The smallest absolute Gasteiger partial charge is 0.337 e. The van der Waals surface area contributed by atoms with E-state index in [9.17, 15) is 14.4 Å². The van der Waals surface area contributed by atoms with Crippen LogP contribution in [0.3, 0.4) is 0 Å². The van der Waals surface area contributed by atoms with Gasteiger partial charge in [0.1, 0.15) is 24.9 Å². The Bertz CT molecular complexity index is 909. The van der Waals surface area contributed by atoms with Gasteiger partial charge in [-0.3, -0.25) is 0 Å². The zero-order chi connectivity index (χ0) is 23.6. The number of fused-ring (bicyclic) bond motifs is 3. The topological polar surface area (TPSA) is 91.4 Å². The fraction of sp³-hybridized carbons (Fsp3) is 0.560. The Balaban J connectivity index is 1.80. The van der Waals surface area contributed by atoms with Crippen molar-refractivity contribution in [2.24, 2.45) is 5.92 Å². The van der Waals surface area contributed by atoms with Gasteiger partial charge in [-0.15, -0.1) is 0 Å². The molecule has 0 N–H and O–H groups in total. The summed E-state index contributed by atoms with van der Waals surface area (Å²) in [6.07, 6.45) is 5.96. The lowest BCUT2D eigenvalue weighted by Gasteiger charge is -2.28. The van der Waals surface area contributed by atoms with E-state index in [-0.39, 0.29) is 29.5 Å². The largest absolute Gasteiger partial charge is 0.458 e. The first-order valence-electron chi connectivity index (χ1n) is 11.0. The van der Waals surface area contributed by atoms with Crippen LogP contribution in [0.2, 0.25) is 0 Å². The molecule has 2 aliphatic heterocycles. The molecule has 0 aromatic rings. The van der Waals surface area contributed by atoms with Crippen molar-refractivity contribution in [2.75, 3.05) is 6.61 Å². The molecular weight excluding hydrogens is 412 g/mol. The minimum Gasteiger partial charge on any atom is -0.458 e. The van der Waals surface area contributed by atoms with E-state index >= 15 is 0 Å². The van der Waals surface area contributed by atoms with E-state index in [1.807, 2.05) is 13.8 Å². The lowest BCUT2D eigenvalue weighted by Crippen LogP contribution is -2.39. The van der Waals surface area contributed by atoms with Crippen molar-refractivity contribution in [3.05, 3.63) is 47.1 Å². The molecule has 3 rings (SSSR count). The van der Waals surface area contributed by atoms with Crippen molar-refractivity contribution in [1.82, 2.24) is 0 Å². The quantitative estimate of drug-likeness (QED) is 0.210. The van der Waals surface area contributed by atoms with Crippen molar-refractivity contribution in [2.45, 2.75) is 77.8 Å². The summed E-state index contributed by atoms with van der Waals surface area (Å²) in [5, 5.41) is 0. The van der Waals surface area contributed by atoms with Gasteiger partial charge in [0.2, 0.25) is 0 Å². The third-order valence-electron chi connectivity index (χ3n) is 6.54. The van der Waals surface area contributed by atoms with Gasteiger partial charge in [-0.25, -0.2) is 14.4 Å². The molecule has 2 fully saturated rings. The van der Waals surface area contributed by atoms with Gasteiger partial charge < -0.3 is 18.9 Å². The first-order valence-corrected chi connectivity index (χ1v) is 11.0. The lowest BCUT2D eigenvalue weighted by molar-refractivity contribution is -0.149. The molecule has 0 amide bonds. The predicted octanol–water partition coefficient (Wildman–Crippen LogP) is 3.74. The Labute approximate surface area is 189 Å². The minimum atomic E-state index is -0.655. The third-order valence-corrected chi connectivity index (χ3v) is 6.54. The monoisotopic (exact) mass is 444 g/mol. The van der Waals surface area contributed by atoms with Crippen LogP contribution in [-0.2, 0) is 33.3 Å². The molecule has 0 aromatic carbocycles. The van der Waals surface area contributed by atoms with Crippen molar-refractivity contribution in [3.63, 3.8) is 0 Å². The van der Waals surface area contributed by atoms with Crippen molar-refractivity contribution in [3.8, 4) is 0 Å². The second kappa shape index (κ2) is 9.45. The molecule has 7 heteroatoms. The van der Waals surface area contributed by atoms with Crippen molar-refractivity contribution >= 4 is 17.9 Å². The van der Waals surface area contributed by atoms with Crippen LogP contribution in [0.25, 0.3) is 0 Å². The van der Waals surface area contributed by atoms with E-state index in [1.165, 1.54) is 0 Å². The molecule has 0 radical (unpaired) electrons. The molecule has 1 aliphatic carbocycles. The number of ether oxygens (including phenoxy) is 4. The number of hydrogen-bond donors (Lipinski definition) is 0. The summed E-state index contributed by atoms with van der Waals surface area (Å²) in [6.45, 7) is 12.8.